The third kappa shape index (κ3) is 6.50. The molecule has 3 heterocycles. The van der Waals surface area contributed by atoms with E-state index in [2.05, 4.69) is 44.3 Å². The third-order valence-electron chi connectivity index (χ3n) is 5.74. The summed E-state index contributed by atoms with van der Waals surface area (Å²) in [6.07, 6.45) is 0.836. The average molecular weight is 497 g/mol. The van der Waals surface area contributed by atoms with Crippen molar-refractivity contribution in [2.24, 2.45) is 0 Å². The molecular formula is C24H32N8O2S. The molecule has 4 rings (SSSR count). The topological polar surface area (TPSA) is 103 Å². The summed E-state index contributed by atoms with van der Waals surface area (Å²) in [6, 6.07) is 9.29. The zero-order valence-electron chi connectivity index (χ0n) is 20.6. The van der Waals surface area contributed by atoms with E-state index < -0.39 is 0 Å². The molecule has 3 aromatic rings. The maximum absolute atomic E-state index is 11.0. The van der Waals surface area contributed by atoms with E-state index >= 15 is 0 Å². The van der Waals surface area contributed by atoms with Gasteiger partial charge in [-0.05, 0) is 44.9 Å². The van der Waals surface area contributed by atoms with Gasteiger partial charge >= 0.3 is 0 Å². The molecule has 11 heteroatoms. The SMILES string of the molecule is COc1c(Nc2cc(C)[nH]n2)nc(Sc2ccc(C=O)cc2)nc1N1CCN(CCN(C)C)CC1. The maximum atomic E-state index is 11.0. The molecule has 1 aliphatic heterocycles. The highest BCUT2D eigenvalue weighted by Gasteiger charge is 2.25. The van der Waals surface area contributed by atoms with Crippen LogP contribution < -0.4 is 15.0 Å². The average Bonchev–Trinajstić information content (AvgIpc) is 3.27. The van der Waals surface area contributed by atoms with E-state index in [1.165, 1.54) is 11.8 Å². The first-order valence-electron chi connectivity index (χ1n) is 11.6. The minimum absolute atomic E-state index is 0.561. The third-order valence-corrected chi connectivity index (χ3v) is 6.62. The summed E-state index contributed by atoms with van der Waals surface area (Å²) in [7, 11) is 5.84. The van der Waals surface area contributed by atoms with Crippen molar-refractivity contribution < 1.29 is 9.53 Å². The highest BCUT2D eigenvalue weighted by atomic mass is 32.2. The highest BCUT2D eigenvalue weighted by Crippen LogP contribution is 2.38. The smallest absolute Gasteiger partial charge is 0.204 e. The normalized spacial score (nSPS) is 14.4. The lowest BCUT2D eigenvalue weighted by Gasteiger charge is -2.36. The van der Waals surface area contributed by atoms with E-state index in [4.69, 9.17) is 14.7 Å². The second kappa shape index (κ2) is 11.5. The number of H-pyrrole nitrogens is 1. The number of rotatable bonds is 10. The van der Waals surface area contributed by atoms with Crippen LogP contribution in [0.15, 0.2) is 40.4 Å². The van der Waals surface area contributed by atoms with Gasteiger partial charge in [-0.25, -0.2) is 9.97 Å². The van der Waals surface area contributed by atoms with E-state index in [9.17, 15) is 4.79 Å². The van der Waals surface area contributed by atoms with Crippen molar-refractivity contribution in [1.29, 1.82) is 0 Å². The van der Waals surface area contributed by atoms with Crippen LogP contribution in [0, 0.1) is 6.92 Å². The lowest BCUT2D eigenvalue weighted by atomic mass is 10.2. The predicted molar refractivity (Wildman–Crippen MR) is 138 cm³/mol. The van der Waals surface area contributed by atoms with Crippen LogP contribution in [0.5, 0.6) is 5.75 Å². The van der Waals surface area contributed by atoms with Crippen LogP contribution in [0.25, 0.3) is 0 Å². The summed E-state index contributed by atoms with van der Waals surface area (Å²) < 4.78 is 5.81. The van der Waals surface area contributed by atoms with Crippen LogP contribution in [0.2, 0.25) is 0 Å². The summed E-state index contributed by atoms with van der Waals surface area (Å²) in [5.41, 5.74) is 1.58. The molecule has 0 atom stereocenters. The Morgan fingerprint density at radius 3 is 2.51 bits per heavy atom. The number of carbonyl (C=O) groups is 1. The Hall–Kier alpha value is -3.15. The number of likely N-dealkylation sites (N-methyl/N-ethyl adjacent to an activating group) is 1. The van der Waals surface area contributed by atoms with Crippen molar-refractivity contribution >= 4 is 35.5 Å². The standard InChI is InChI=1S/C24H32N8O2S/c1-17-15-20(29-28-17)25-22-21(34-4)23(32-13-11-31(12-14-32)10-9-30(2)3)27-24(26-22)35-19-7-5-18(16-33)6-8-19/h5-8,15-16H,9-14H2,1-4H3,(H2,25,26,27,28,29). The van der Waals surface area contributed by atoms with Gasteiger partial charge in [-0.2, -0.15) is 5.10 Å². The molecule has 1 fully saturated rings. The Balaban J connectivity index is 1.62. The van der Waals surface area contributed by atoms with E-state index in [0.29, 0.717) is 28.1 Å². The van der Waals surface area contributed by atoms with E-state index in [1.54, 1.807) is 19.2 Å². The monoisotopic (exact) mass is 496 g/mol. The van der Waals surface area contributed by atoms with Gasteiger partial charge in [0.2, 0.25) is 5.75 Å². The largest absolute Gasteiger partial charge is 0.490 e. The maximum Gasteiger partial charge on any atom is 0.204 e. The molecule has 1 saturated heterocycles. The van der Waals surface area contributed by atoms with Crippen molar-refractivity contribution in [2.45, 2.75) is 17.0 Å². The summed E-state index contributed by atoms with van der Waals surface area (Å²) in [6.45, 7) is 7.64. The molecule has 0 unspecified atom stereocenters. The number of methoxy groups -OCH3 is 1. The number of benzene rings is 1. The van der Waals surface area contributed by atoms with Crippen LogP contribution in [-0.2, 0) is 0 Å². The molecule has 2 N–H and O–H groups in total. The molecule has 10 nitrogen and oxygen atoms in total. The second-order valence-electron chi connectivity index (χ2n) is 8.69. The Bertz CT molecular complexity index is 1130. The van der Waals surface area contributed by atoms with Gasteiger partial charge in [0.05, 0.1) is 7.11 Å². The Kier molecular flexibility index (Phi) is 8.21. The van der Waals surface area contributed by atoms with Crippen LogP contribution in [0.1, 0.15) is 16.1 Å². The van der Waals surface area contributed by atoms with Gasteiger partial charge in [-0.15, -0.1) is 0 Å². The first kappa shape index (κ1) is 25.0. The van der Waals surface area contributed by atoms with Gasteiger partial charge in [0.15, 0.2) is 22.6 Å². The van der Waals surface area contributed by atoms with E-state index in [-0.39, 0.29) is 0 Å². The van der Waals surface area contributed by atoms with Crippen molar-refractivity contribution in [3.8, 4) is 5.75 Å². The molecular weight excluding hydrogens is 464 g/mol. The fourth-order valence-electron chi connectivity index (χ4n) is 3.80. The van der Waals surface area contributed by atoms with Crippen molar-refractivity contribution in [1.82, 2.24) is 30.0 Å². The molecule has 1 aromatic carbocycles. The number of aromatic amines is 1. The second-order valence-corrected chi connectivity index (χ2v) is 9.73. The fourth-order valence-corrected chi connectivity index (χ4v) is 4.55. The molecule has 2 aromatic heterocycles. The van der Waals surface area contributed by atoms with Gasteiger partial charge in [-0.3, -0.25) is 14.8 Å². The molecule has 0 saturated carbocycles. The summed E-state index contributed by atoms with van der Waals surface area (Å²) in [4.78, 5) is 28.5. The number of ether oxygens (including phenoxy) is 1. The Labute approximate surface area is 210 Å². The van der Waals surface area contributed by atoms with Crippen LogP contribution in [-0.4, -0.2) is 96.7 Å². The molecule has 1 aliphatic rings. The number of hydrogen-bond acceptors (Lipinski definition) is 10. The van der Waals surface area contributed by atoms with Crippen molar-refractivity contribution in [2.75, 3.05) is 70.7 Å². The van der Waals surface area contributed by atoms with Gasteiger partial charge in [-0.1, -0.05) is 12.1 Å². The Morgan fingerprint density at radius 2 is 1.91 bits per heavy atom. The first-order chi connectivity index (χ1) is 16.9. The number of aldehydes is 1. The molecule has 0 spiro atoms. The highest BCUT2D eigenvalue weighted by molar-refractivity contribution is 7.99. The zero-order chi connectivity index (χ0) is 24.8. The van der Waals surface area contributed by atoms with Crippen molar-refractivity contribution in [3.05, 3.63) is 41.6 Å². The number of aromatic nitrogens is 4. The first-order valence-corrected chi connectivity index (χ1v) is 12.4. The number of aryl methyl sites for hydroxylation is 1. The van der Waals surface area contributed by atoms with Crippen LogP contribution in [0.4, 0.5) is 17.5 Å². The van der Waals surface area contributed by atoms with E-state index in [1.807, 2.05) is 25.1 Å². The quantitative estimate of drug-likeness (QED) is 0.322. The van der Waals surface area contributed by atoms with Crippen LogP contribution in [0.3, 0.4) is 0 Å². The summed E-state index contributed by atoms with van der Waals surface area (Å²) in [5, 5.41) is 11.1. The zero-order valence-corrected chi connectivity index (χ0v) is 21.4. The van der Waals surface area contributed by atoms with Gasteiger partial charge < -0.3 is 19.9 Å². The fraction of sp³-hybridized carbons (Fsp3) is 0.417. The van der Waals surface area contributed by atoms with Crippen LogP contribution >= 0.6 is 11.8 Å². The molecule has 35 heavy (non-hydrogen) atoms. The minimum Gasteiger partial charge on any atom is -0.490 e. The number of piperazine rings is 1. The van der Waals surface area contributed by atoms with Crippen molar-refractivity contribution in [3.63, 3.8) is 0 Å². The summed E-state index contributed by atoms with van der Waals surface area (Å²) >= 11 is 1.44. The lowest BCUT2D eigenvalue weighted by Crippen LogP contribution is -2.48. The number of anilines is 3. The van der Waals surface area contributed by atoms with Gasteiger partial charge in [0, 0.05) is 61.5 Å². The number of carbonyl (C=O) groups excluding carboxylic acids is 1. The molecule has 0 radical (unpaired) electrons. The molecule has 0 bridgehead atoms. The number of hydrogen-bond donors (Lipinski definition) is 2. The number of nitrogens with zero attached hydrogens (tertiary/aromatic N) is 6. The summed E-state index contributed by atoms with van der Waals surface area (Å²) in [5.74, 6) is 2.57. The lowest BCUT2D eigenvalue weighted by molar-refractivity contribution is 0.112. The minimum atomic E-state index is 0.561. The molecule has 186 valence electrons. The van der Waals surface area contributed by atoms with Gasteiger partial charge in [0.1, 0.15) is 6.29 Å². The van der Waals surface area contributed by atoms with Gasteiger partial charge in [0.25, 0.3) is 0 Å². The predicted octanol–water partition coefficient (Wildman–Crippen LogP) is 2.91. The van der Waals surface area contributed by atoms with E-state index in [0.717, 1.165) is 62.0 Å². The molecule has 0 amide bonds. The number of nitrogens with one attached hydrogen (secondary N) is 2. The Morgan fingerprint density at radius 1 is 1.17 bits per heavy atom. The molecule has 0 aliphatic carbocycles.